The van der Waals surface area contributed by atoms with Crippen molar-refractivity contribution in [2.75, 3.05) is 10.6 Å². The highest BCUT2D eigenvalue weighted by molar-refractivity contribution is 6.35. The summed E-state index contributed by atoms with van der Waals surface area (Å²) in [6.45, 7) is 1.43. The van der Waals surface area contributed by atoms with E-state index in [2.05, 4.69) is 10.6 Å². The third kappa shape index (κ3) is 4.48. The lowest BCUT2D eigenvalue weighted by Gasteiger charge is -2.07. The summed E-state index contributed by atoms with van der Waals surface area (Å²) in [5.41, 5.74) is 1.63. The van der Waals surface area contributed by atoms with Gasteiger partial charge in [-0.3, -0.25) is 9.59 Å². The summed E-state index contributed by atoms with van der Waals surface area (Å²) >= 11 is 11.7. The van der Waals surface area contributed by atoms with E-state index in [-0.39, 0.29) is 11.8 Å². The quantitative estimate of drug-likeness (QED) is 0.889. The van der Waals surface area contributed by atoms with Gasteiger partial charge in [0, 0.05) is 33.9 Å². The van der Waals surface area contributed by atoms with Gasteiger partial charge < -0.3 is 10.6 Å². The monoisotopic (exact) mass is 322 g/mol. The van der Waals surface area contributed by atoms with Gasteiger partial charge in [0.05, 0.1) is 0 Å². The number of halogens is 2. The van der Waals surface area contributed by atoms with E-state index in [1.807, 2.05) is 0 Å². The summed E-state index contributed by atoms with van der Waals surface area (Å²) in [4.78, 5) is 23.0. The number of hydrogen-bond acceptors (Lipinski definition) is 2. The van der Waals surface area contributed by atoms with Crippen LogP contribution in [-0.4, -0.2) is 11.8 Å². The fourth-order valence-corrected chi connectivity index (χ4v) is 2.25. The van der Waals surface area contributed by atoms with Crippen molar-refractivity contribution in [2.24, 2.45) is 0 Å². The predicted molar refractivity (Wildman–Crippen MR) is 85.2 cm³/mol. The van der Waals surface area contributed by atoms with Crippen molar-refractivity contribution in [1.82, 2.24) is 0 Å². The van der Waals surface area contributed by atoms with Crippen LogP contribution in [0.1, 0.15) is 17.3 Å². The summed E-state index contributed by atoms with van der Waals surface area (Å²) in [5.74, 6) is -0.466. The Balaban J connectivity index is 2.10. The lowest BCUT2D eigenvalue weighted by molar-refractivity contribution is -0.114. The zero-order valence-corrected chi connectivity index (χ0v) is 12.6. The van der Waals surface area contributed by atoms with Gasteiger partial charge in [0.15, 0.2) is 0 Å². The smallest absolute Gasteiger partial charge is 0.255 e. The number of carbonyl (C=O) groups is 2. The molecule has 0 bridgehead atoms. The van der Waals surface area contributed by atoms with Gasteiger partial charge in [-0.05, 0) is 42.5 Å². The molecule has 4 nitrogen and oxygen atoms in total. The van der Waals surface area contributed by atoms with Crippen molar-refractivity contribution in [1.29, 1.82) is 0 Å². The minimum Gasteiger partial charge on any atom is -0.326 e. The number of nitrogens with one attached hydrogen (secondary N) is 2. The average molecular weight is 323 g/mol. The van der Waals surface area contributed by atoms with Gasteiger partial charge in [-0.2, -0.15) is 0 Å². The first kappa shape index (κ1) is 15.4. The molecule has 0 aromatic heterocycles. The molecule has 0 aliphatic carbocycles. The molecule has 2 aromatic carbocycles. The van der Waals surface area contributed by atoms with E-state index in [1.54, 1.807) is 30.3 Å². The first-order valence-electron chi connectivity index (χ1n) is 6.09. The molecule has 0 atom stereocenters. The van der Waals surface area contributed by atoms with Gasteiger partial charge in [-0.1, -0.05) is 23.2 Å². The second-order valence-electron chi connectivity index (χ2n) is 4.37. The summed E-state index contributed by atoms with van der Waals surface area (Å²) in [7, 11) is 0. The SMILES string of the molecule is CC(=O)Nc1ccc(NC(=O)c2cc(Cl)cc(Cl)c2)cc1. The molecule has 2 amide bonds. The molecule has 108 valence electrons. The maximum absolute atomic E-state index is 12.1. The lowest BCUT2D eigenvalue weighted by Crippen LogP contribution is -2.12. The van der Waals surface area contributed by atoms with Crippen LogP contribution in [0.3, 0.4) is 0 Å². The highest BCUT2D eigenvalue weighted by atomic mass is 35.5. The molecular formula is C15H12Cl2N2O2. The maximum atomic E-state index is 12.1. The van der Waals surface area contributed by atoms with Crippen molar-refractivity contribution in [3.63, 3.8) is 0 Å². The number of carbonyl (C=O) groups excluding carboxylic acids is 2. The molecule has 0 aliphatic heterocycles. The fraction of sp³-hybridized carbons (Fsp3) is 0.0667. The lowest BCUT2D eigenvalue weighted by atomic mass is 10.2. The van der Waals surface area contributed by atoms with Crippen LogP contribution in [0.5, 0.6) is 0 Å². The first-order chi connectivity index (χ1) is 9.94. The van der Waals surface area contributed by atoms with E-state index in [0.717, 1.165) is 0 Å². The van der Waals surface area contributed by atoms with E-state index in [4.69, 9.17) is 23.2 Å². The Labute approximate surface area is 132 Å². The second-order valence-corrected chi connectivity index (χ2v) is 5.24. The van der Waals surface area contributed by atoms with Gasteiger partial charge in [-0.25, -0.2) is 0 Å². The molecule has 0 fully saturated rings. The number of rotatable bonds is 3. The van der Waals surface area contributed by atoms with Crippen LogP contribution in [0.25, 0.3) is 0 Å². The summed E-state index contributed by atoms with van der Waals surface area (Å²) < 4.78 is 0. The van der Waals surface area contributed by atoms with Crippen LogP contribution in [-0.2, 0) is 4.79 Å². The van der Waals surface area contributed by atoms with Gasteiger partial charge in [0.1, 0.15) is 0 Å². The van der Waals surface area contributed by atoms with Crippen LogP contribution >= 0.6 is 23.2 Å². The number of hydrogen-bond donors (Lipinski definition) is 2. The van der Waals surface area contributed by atoms with E-state index in [0.29, 0.717) is 27.0 Å². The molecule has 21 heavy (non-hydrogen) atoms. The van der Waals surface area contributed by atoms with Gasteiger partial charge >= 0.3 is 0 Å². The van der Waals surface area contributed by atoms with Crippen molar-refractivity contribution < 1.29 is 9.59 Å². The standard InChI is InChI=1S/C15H12Cl2N2O2/c1-9(20)18-13-2-4-14(5-3-13)19-15(21)10-6-11(16)8-12(17)7-10/h2-8H,1H3,(H,18,20)(H,19,21). The van der Waals surface area contributed by atoms with Crippen molar-refractivity contribution in [3.05, 3.63) is 58.1 Å². The van der Waals surface area contributed by atoms with Gasteiger partial charge in [-0.15, -0.1) is 0 Å². The summed E-state index contributed by atoms with van der Waals surface area (Å²) in [5, 5.41) is 6.16. The molecule has 0 unspecified atom stereocenters. The first-order valence-corrected chi connectivity index (χ1v) is 6.85. The van der Waals surface area contributed by atoms with Gasteiger partial charge in [0.2, 0.25) is 5.91 Å². The topological polar surface area (TPSA) is 58.2 Å². The van der Waals surface area contributed by atoms with Crippen LogP contribution < -0.4 is 10.6 Å². The minimum absolute atomic E-state index is 0.152. The molecule has 0 spiro atoms. The third-order valence-electron chi connectivity index (χ3n) is 2.59. The Morgan fingerprint density at radius 2 is 1.33 bits per heavy atom. The molecule has 0 saturated carbocycles. The normalized spacial score (nSPS) is 10.0. The maximum Gasteiger partial charge on any atom is 0.255 e. The Hall–Kier alpha value is -2.04. The second kappa shape index (κ2) is 6.61. The highest BCUT2D eigenvalue weighted by Crippen LogP contribution is 2.20. The molecule has 2 aromatic rings. The van der Waals surface area contributed by atoms with Crippen LogP contribution in [0.2, 0.25) is 10.0 Å². The molecular weight excluding hydrogens is 311 g/mol. The van der Waals surface area contributed by atoms with E-state index in [9.17, 15) is 9.59 Å². The largest absolute Gasteiger partial charge is 0.326 e. The van der Waals surface area contributed by atoms with E-state index < -0.39 is 0 Å². The van der Waals surface area contributed by atoms with Crippen molar-refractivity contribution in [2.45, 2.75) is 6.92 Å². The molecule has 0 radical (unpaired) electrons. The Morgan fingerprint density at radius 3 is 1.81 bits per heavy atom. The number of benzene rings is 2. The summed E-state index contributed by atoms with van der Waals surface area (Å²) in [6.07, 6.45) is 0. The molecule has 0 saturated heterocycles. The number of amides is 2. The van der Waals surface area contributed by atoms with E-state index >= 15 is 0 Å². The van der Waals surface area contributed by atoms with Crippen LogP contribution in [0, 0.1) is 0 Å². The Kier molecular flexibility index (Phi) is 4.83. The molecule has 2 N–H and O–H groups in total. The van der Waals surface area contributed by atoms with Crippen molar-refractivity contribution >= 4 is 46.4 Å². The molecule has 0 heterocycles. The fourth-order valence-electron chi connectivity index (χ4n) is 1.73. The molecule has 2 rings (SSSR count). The average Bonchev–Trinajstić information content (AvgIpc) is 2.39. The Morgan fingerprint density at radius 1 is 0.857 bits per heavy atom. The minimum atomic E-state index is -0.313. The summed E-state index contributed by atoms with van der Waals surface area (Å²) in [6, 6.07) is 11.4. The zero-order chi connectivity index (χ0) is 15.4. The van der Waals surface area contributed by atoms with Crippen molar-refractivity contribution in [3.8, 4) is 0 Å². The van der Waals surface area contributed by atoms with E-state index in [1.165, 1.54) is 19.1 Å². The highest BCUT2D eigenvalue weighted by Gasteiger charge is 2.08. The predicted octanol–water partition coefficient (Wildman–Crippen LogP) is 4.20. The van der Waals surface area contributed by atoms with Gasteiger partial charge in [0.25, 0.3) is 5.91 Å². The number of anilines is 2. The molecule has 0 aliphatic rings. The van der Waals surface area contributed by atoms with Crippen LogP contribution in [0.15, 0.2) is 42.5 Å². The molecule has 6 heteroatoms. The Bertz CT molecular complexity index is 664. The zero-order valence-electron chi connectivity index (χ0n) is 11.1. The third-order valence-corrected chi connectivity index (χ3v) is 3.02. The van der Waals surface area contributed by atoms with Crippen LogP contribution in [0.4, 0.5) is 11.4 Å².